The predicted octanol–water partition coefficient (Wildman–Crippen LogP) is 4.00. The molecule has 3 aromatic rings. The summed E-state index contributed by atoms with van der Waals surface area (Å²) in [7, 11) is 0. The van der Waals surface area contributed by atoms with Crippen LogP contribution >= 0.6 is 11.6 Å². The van der Waals surface area contributed by atoms with Gasteiger partial charge in [-0.2, -0.15) is 10.1 Å². The summed E-state index contributed by atoms with van der Waals surface area (Å²) in [6.45, 7) is 1.74. The number of aromatic nitrogens is 3. The number of hydrogen-bond donors (Lipinski definition) is 2. The Labute approximate surface area is 159 Å². The Morgan fingerprint density at radius 2 is 1.96 bits per heavy atom. The van der Waals surface area contributed by atoms with Crippen molar-refractivity contribution in [1.29, 1.82) is 0 Å². The van der Waals surface area contributed by atoms with Gasteiger partial charge in [-0.3, -0.25) is 4.79 Å². The second kappa shape index (κ2) is 6.85. The fourth-order valence-corrected chi connectivity index (χ4v) is 3.30. The van der Waals surface area contributed by atoms with E-state index in [9.17, 15) is 9.18 Å². The number of carbonyl (C=O) groups is 1. The first-order valence-corrected chi connectivity index (χ1v) is 8.61. The van der Waals surface area contributed by atoms with Gasteiger partial charge in [0.05, 0.1) is 16.3 Å². The van der Waals surface area contributed by atoms with Crippen LogP contribution in [0.2, 0.25) is 5.02 Å². The van der Waals surface area contributed by atoms with Crippen LogP contribution < -0.4 is 10.6 Å². The van der Waals surface area contributed by atoms with E-state index in [1.807, 2.05) is 0 Å². The first kappa shape index (κ1) is 17.2. The van der Waals surface area contributed by atoms with Crippen LogP contribution in [0.3, 0.4) is 0 Å². The summed E-state index contributed by atoms with van der Waals surface area (Å²) in [6, 6.07) is 12.5. The summed E-state index contributed by atoms with van der Waals surface area (Å²) in [5.41, 5.74) is 1.70. The molecule has 1 amide bonds. The van der Waals surface area contributed by atoms with Crippen LogP contribution in [0.15, 0.2) is 66.1 Å². The van der Waals surface area contributed by atoms with Gasteiger partial charge in [-0.25, -0.2) is 9.07 Å². The monoisotopic (exact) mass is 383 g/mol. The maximum Gasteiger partial charge on any atom is 0.255 e. The van der Waals surface area contributed by atoms with Crippen molar-refractivity contribution in [3.63, 3.8) is 0 Å². The molecule has 2 heterocycles. The molecule has 0 unspecified atom stereocenters. The highest BCUT2D eigenvalue weighted by Gasteiger charge is 2.34. The standard InChI is InChI=1S/C19H15ClFN5O/c1-11-16(18(27)25-15-9-5-3-7-13(15)20)17(12-6-2-4-8-14(12)21)26-19(24-11)22-10-23-26/h2-10,17H,1H3,(H,25,27)(H,22,23,24)/t17-/m1/s1. The molecule has 1 aliphatic rings. The Bertz CT molecular complexity index is 1060. The van der Waals surface area contributed by atoms with Crippen molar-refractivity contribution in [3.05, 3.63) is 82.5 Å². The van der Waals surface area contributed by atoms with E-state index >= 15 is 0 Å². The van der Waals surface area contributed by atoms with Crippen LogP contribution in [0, 0.1) is 5.82 Å². The van der Waals surface area contributed by atoms with Crippen LogP contribution in [0.25, 0.3) is 0 Å². The van der Waals surface area contributed by atoms with Gasteiger partial charge in [0.15, 0.2) is 0 Å². The number of hydrogen-bond acceptors (Lipinski definition) is 4. The average molecular weight is 384 g/mol. The summed E-state index contributed by atoms with van der Waals surface area (Å²) < 4.78 is 16.1. The Morgan fingerprint density at radius 1 is 1.22 bits per heavy atom. The topological polar surface area (TPSA) is 71.8 Å². The zero-order valence-corrected chi connectivity index (χ0v) is 15.0. The first-order chi connectivity index (χ1) is 13.1. The lowest BCUT2D eigenvalue weighted by atomic mass is 9.94. The molecule has 0 aliphatic carbocycles. The highest BCUT2D eigenvalue weighted by molar-refractivity contribution is 6.33. The fraction of sp³-hybridized carbons (Fsp3) is 0.105. The van der Waals surface area contributed by atoms with Crippen molar-refractivity contribution in [2.45, 2.75) is 13.0 Å². The number of rotatable bonds is 3. The Morgan fingerprint density at radius 3 is 2.74 bits per heavy atom. The van der Waals surface area contributed by atoms with Crippen LogP contribution in [-0.2, 0) is 4.79 Å². The van der Waals surface area contributed by atoms with Gasteiger partial charge in [-0.15, -0.1) is 0 Å². The second-order valence-corrected chi connectivity index (χ2v) is 6.46. The highest BCUT2D eigenvalue weighted by atomic mass is 35.5. The molecule has 0 saturated carbocycles. The van der Waals surface area contributed by atoms with Crippen molar-refractivity contribution in [1.82, 2.24) is 14.8 Å². The normalized spacial score (nSPS) is 15.9. The smallest absolute Gasteiger partial charge is 0.255 e. The molecule has 6 nitrogen and oxygen atoms in total. The molecule has 0 bridgehead atoms. The van der Waals surface area contributed by atoms with E-state index in [0.717, 1.165) is 0 Å². The average Bonchev–Trinajstić information content (AvgIpc) is 3.11. The van der Waals surface area contributed by atoms with Crippen LogP contribution in [0.5, 0.6) is 0 Å². The molecule has 27 heavy (non-hydrogen) atoms. The number of nitrogens with one attached hydrogen (secondary N) is 2. The Balaban J connectivity index is 1.80. The van der Waals surface area contributed by atoms with Gasteiger partial charge in [-0.1, -0.05) is 41.9 Å². The third-order valence-corrected chi connectivity index (χ3v) is 4.69. The highest BCUT2D eigenvalue weighted by Crippen LogP contribution is 2.36. The fourth-order valence-electron chi connectivity index (χ4n) is 3.12. The minimum atomic E-state index is -0.757. The van der Waals surface area contributed by atoms with E-state index in [-0.39, 0.29) is 0 Å². The minimum Gasteiger partial charge on any atom is -0.328 e. The molecule has 136 valence electrons. The van der Waals surface area contributed by atoms with Gasteiger partial charge >= 0.3 is 0 Å². The third-order valence-electron chi connectivity index (χ3n) is 4.36. The number of amides is 1. The SMILES string of the molecule is CC1=C(C(=O)Nc2ccccc2Cl)[C@@H](c2ccccc2F)n2ncnc2N1. The summed E-state index contributed by atoms with van der Waals surface area (Å²) in [5.74, 6) is -0.390. The van der Waals surface area contributed by atoms with Gasteiger partial charge < -0.3 is 10.6 Å². The van der Waals surface area contributed by atoms with Crippen molar-refractivity contribution >= 4 is 29.1 Å². The third kappa shape index (κ3) is 3.06. The van der Waals surface area contributed by atoms with Gasteiger partial charge in [0.1, 0.15) is 18.2 Å². The van der Waals surface area contributed by atoms with Gasteiger partial charge in [0.25, 0.3) is 5.91 Å². The summed E-state index contributed by atoms with van der Waals surface area (Å²) >= 11 is 6.15. The Hall–Kier alpha value is -3.19. The minimum absolute atomic E-state index is 0.328. The molecule has 2 aromatic carbocycles. The van der Waals surface area contributed by atoms with Gasteiger partial charge in [0.2, 0.25) is 5.95 Å². The number of para-hydroxylation sites is 1. The number of nitrogens with zero attached hydrogens (tertiary/aromatic N) is 3. The molecule has 1 aliphatic heterocycles. The van der Waals surface area contributed by atoms with E-state index < -0.39 is 17.8 Å². The summed E-state index contributed by atoms with van der Waals surface area (Å²) in [5, 5.41) is 10.4. The molecule has 2 N–H and O–H groups in total. The van der Waals surface area contributed by atoms with E-state index in [2.05, 4.69) is 20.7 Å². The molecule has 0 spiro atoms. The van der Waals surface area contributed by atoms with Crippen molar-refractivity contribution < 1.29 is 9.18 Å². The van der Waals surface area contributed by atoms with Gasteiger partial charge in [-0.05, 0) is 25.1 Å². The molecular weight excluding hydrogens is 369 g/mol. The number of allylic oxidation sites excluding steroid dienone is 1. The van der Waals surface area contributed by atoms with Crippen LogP contribution in [-0.4, -0.2) is 20.7 Å². The zero-order valence-electron chi connectivity index (χ0n) is 14.3. The molecular formula is C19H15ClFN5O. The molecule has 4 rings (SSSR count). The lowest BCUT2D eigenvalue weighted by Crippen LogP contribution is -2.32. The molecule has 0 saturated heterocycles. The lowest BCUT2D eigenvalue weighted by molar-refractivity contribution is -0.113. The summed E-state index contributed by atoms with van der Waals surface area (Å²) in [6.07, 6.45) is 1.36. The number of fused-ring (bicyclic) bond motifs is 1. The van der Waals surface area contributed by atoms with E-state index in [1.54, 1.807) is 49.4 Å². The zero-order chi connectivity index (χ0) is 19.0. The first-order valence-electron chi connectivity index (χ1n) is 8.24. The van der Waals surface area contributed by atoms with E-state index in [1.165, 1.54) is 17.1 Å². The lowest BCUT2D eigenvalue weighted by Gasteiger charge is -2.29. The number of anilines is 2. The molecule has 1 aromatic heterocycles. The van der Waals surface area contributed by atoms with Crippen molar-refractivity contribution in [2.24, 2.45) is 0 Å². The maximum absolute atomic E-state index is 14.6. The number of carbonyl (C=O) groups excluding carboxylic acids is 1. The second-order valence-electron chi connectivity index (χ2n) is 6.05. The molecule has 0 fully saturated rings. The summed E-state index contributed by atoms with van der Waals surface area (Å²) in [4.78, 5) is 17.2. The predicted molar refractivity (Wildman–Crippen MR) is 101 cm³/mol. The number of benzene rings is 2. The number of halogens is 2. The van der Waals surface area contributed by atoms with E-state index in [0.29, 0.717) is 33.5 Å². The molecule has 8 heteroatoms. The molecule has 1 atom stereocenters. The maximum atomic E-state index is 14.6. The van der Waals surface area contributed by atoms with Gasteiger partial charge in [0, 0.05) is 11.3 Å². The quantitative estimate of drug-likeness (QED) is 0.717. The van der Waals surface area contributed by atoms with Crippen LogP contribution in [0.4, 0.5) is 16.0 Å². The largest absolute Gasteiger partial charge is 0.328 e. The molecule has 0 radical (unpaired) electrons. The van der Waals surface area contributed by atoms with Crippen molar-refractivity contribution in [2.75, 3.05) is 10.6 Å². The van der Waals surface area contributed by atoms with Crippen LogP contribution in [0.1, 0.15) is 18.5 Å². The van der Waals surface area contributed by atoms with Crippen molar-refractivity contribution in [3.8, 4) is 0 Å². The Kier molecular flexibility index (Phi) is 4.37. The van der Waals surface area contributed by atoms with E-state index in [4.69, 9.17) is 11.6 Å².